The van der Waals surface area contributed by atoms with E-state index in [1.54, 1.807) is 54.6 Å². The standard InChI is InChI=1S/C22H19ClN2O4S/c1-3-10-29-17-8-5-15(6-9-17)11-19-21(27)25(22(28)30-19)13-20(26)24-18-12-16(23)7-4-14(18)2/h3-9,11-12H,1,10,13H2,2H3,(H,24,26)/b19-11+. The Morgan fingerprint density at radius 3 is 2.67 bits per heavy atom. The number of ether oxygens (including phenoxy) is 1. The zero-order valence-electron chi connectivity index (χ0n) is 16.2. The van der Waals surface area contributed by atoms with Crippen molar-refractivity contribution in [1.82, 2.24) is 4.90 Å². The van der Waals surface area contributed by atoms with Crippen molar-refractivity contribution >= 4 is 52.2 Å². The summed E-state index contributed by atoms with van der Waals surface area (Å²) in [4.78, 5) is 38.4. The van der Waals surface area contributed by atoms with Gasteiger partial charge in [-0.05, 0) is 60.2 Å². The number of carbonyl (C=O) groups is 3. The lowest BCUT2D eigenvalue weighted by atomic mass is 10.2. The van der Waals surface area contributed by atoms with Crippen LogP contribution in [0.2, 0.25) is 5.02 Å². The first kappa shape index (κ1) is 21.7. The molecule has 8 heteroatoms. The van der Waals surface area contributed by atoms with Crippen LogP contribution in [-0.2, 0) is 9.59 Å². The monoisotopic (exact) mass is 442 g/mol. The fourth-order valence-corrected chi connectivity index (χ4v) is 3.68. The number of thioether (sulfide) groups is 1. The molecule has 0 aromatic heterocycles. The summed E-state index contributed by atoms with van der Waals surface area (Å²) in [5.74, 6) is -0.310. The predicted molar refractivity (Wildman–Crippen MR) is 120 cm³/mol. The second-order valence-electron chi connectivity index (χ2n) is 6.44. The van der Waals surface area contributed by atoms with Crippen molar-refractivity contribution in [2.45, 2.75) is 6.92 Å². The number of hydrogen-bond donors (Lipinski definition) is 1. The SMILES string of the molecule is C=CCOc1ccc(/C=C2/SC(=O)N(CC(=O)Nc3cc(Cl)ccc3C)C2=O)cc1. The number of amides is 3. The van der Waals surface area contributed by atoms with Gasteiger partial charge < -0.3 is 10.1 Å². The van der Waals surface area contributed by atoms with Gasteiger partial charge >= 0.3 is 0 Å². The van der Waals surface area contributed by atoms with Gasteiger partial charge in [-0.2, -0.15) is 0 Å². The first-order chi connectivity index (χ1) is 14.4. The molecule has 0 spiro atoms. The molecule has 0 unspecified atom stereocenters. The molecule has 30 heavy (non-hydrogen) atoms. The summed E-state index contributed by atoms with van der Waals surface area (Å²) in [5.41, 5.74) is 2.10. The zero-order chi connectivity index (χ0) is 21.7. The van der Waals surface area contributed by atoms with Crippen LogP contribution < -0.4 is 10.1 Å². The van der Waals surface area contributed by atoms with E-state index >= 15 is 0 Å². The van der Waals surface area contributed by atoms with E-state index in [4.69, 9.17) is 16.3 Å². The number of carbonyl (C=O) groups excluding carboxylic acids is 3. The van der Waals surface area contributed by atoms with Crippen molar-refractivity contribution in [3.63, 3.8) is 0 Å². The summed E-state index contributed by atoms with van der Waals surface area (Å²) in [6.07, 6.45) is 3.26. The Hall–Kier alpha value is -3.03. The van der Waals surface area contributed by atoms with Crippen LogP contribution in [0.25, 0.3) is 6.08 Å². The van der Waals surface area contributed by atoms with E-state index in [0.717, 1.165) is 27.8 Å². The van der Waals surface area contributed by atoms with Gasteiger partial charge in [0.2, 0.25) is 5.91 Å². The van der Waals surface area contributed by atoms with Crippen molar-refractivity contribution in [3.8, 4) is 5.75 Å². The van der Waals surface area contributed by atoms with E-state index in [9.17, 15) is 14.4 Å². The van der Waals surface area contributed by atoms with Crippen molar-refractivity contribution in [2.75, 3.05) is 18.5 Å². The molecule has 1 fully saturated rings. The minimum absolute atomic E-state index is 0.256. The zero-order valence-corrected chi connectivity index (χ0v) is 17.8. The number of nitrogens with zero attached hydrogens (tertiary/aromatic N) is 1. The largest absolute Gasteiger partial charge is 0.490 e. The van der Waals surface area contributed by atoms with E-state index in [-0.39, 0.29) is 11.4 Å². The number of benzene rings is 2. The number of imide groups is 1. The third kappa shape index (κ3) is 5.31. The molecule has 0 atom stereocenters. The smallest absolute Gasteiger partial charge is 0.294 e. The fraction of sp³-hybridized carbons (Fsp3) is 0.136. The summed E-state index contributed by atoms with van der Waals surface area (Å²) in [6, 6.07) is 12.2. The highest BCUT2D eigenvalue weighted by molar-refractivity contribution is 8.18. The highest BCUT2D eigenvalue weighted by Crippen LogP contribution is 2.32. The van der Waals surface area contributed by atoms with Gasteiger partial charge in [0.15, 0.2) is 0 Å². The van der Waals surface area contributed by atoms with Crippen molar-refractivity contribution in [1.29, 1.82) is 0 Å². The maximum atomic E-state index is 12.6. The minimum Gasteiger partial charge on any atom is -0.490 e. The molecule has 0 bridgehead atoms. The Balaban J connectivity index is 1.66. The van der Waals surface area contributed by atoms with Gasteiger partial charge in [0.1, 0.15) is 18.9 Å². The first-order valence-corrected chi connectivity index (χ1v) is 10.2. The molecule has 1 saturated heterocycles. The van der Waals surface area contributed by atoms with Crippen LogP contribution in [0.15, 0.2) is 60.0 Å². The van der Waals surface area contributed by atoms with E-state index < -0.39 is 17.1 Å². The lowest BCUT2D eigenvalue weighted by Gasteiger charge is -2.13. The lowest BCUT2D eigenvalue weighted by molar-refractivity contribution is -0.127. The highest BCUT2D eigenvalue weighted by atomic mass is 35.5. The van der Waals surface area contributed by atoms with Crippen LogP contribution in [-0.4, -0.2) is 35.1 Å². The molecule has 0 radical (unpaired) electrons. The molecule has 1 aliphatic heterocycles. The average Bonchev–Trinajstić information content (AvgIpc) is 2.97. The van der Waals surface area contributed by atoms with Crippen molar-refractivity contribution < 1.29 is 19.1 Å². The van der Waals surface area contributed by atoms with Crippen LogP contribution in [0.4, 0.5) is 10.5 Å². The Kier molecular flexibility index (Phi) is 6.97. The number of nitrogens with one attached hydrogen (secondary N) is 1. The van der Waals surface area contributed by atoms with Gasteiger partial charge in [-0.15, -0.1) is 0 Å². The third-order valence-electron chi connectivity index (χ3n) is 4.19. The molecule has 3 rings (SSSR count). The van der Waals surface area contributed by atoms with Crippen LogP contribution in [0.3, 0.4) is 0 Å². The van der Waals surface area contributed by atoms with Crippen molar-refractivity contribution in [2.24, 2.45) is 0 Å². The lowest BCUT2D eigenvalue weighted by Crippen LogP contribution is -2.36. The Morgan fingerprint density at radius 2 is 1.97 bits per heavy atom. The van der Waals surface area contributed by atoms with Crippen LogP contribution in [0.1, 0.15) is 11.1 Å². The Labute approximate surface area is 183 Å². The molecule has 0 aliphatic carbocycles. The summed E-state index contributed by atoms with van der Waals surface area (Å²) >= 11 is 6.76. The number of rotatable bonds is 7. The second-order valence-corrected chi connectivity index (χ2v) is 7.87. The molecule has 2 aromatic rings. The van der Waals surface area contributed by atoms with Gasteiger partial charge in [-0.3, -0.25) is 19.3 Å². The topological polar surface area (TPSA) is 75.7 Å². The fourth-order valence-electron chi connectivity index (χ4n) is 2.67. The quantitative estimate of drug-likeness (QED) is 0.488. The molecule has 1 N–H and O–H groups in total. The molecule has 1 aliphatic rings. The summed E-state index contributed by atoms with van der Waals surface area (Å²) < 4.78 is 5.42. The second kappa shape index (κ2) is 9.65. The average molecular weight is 443 g/mol. The van der Waals surface area contributed by atoms with E-state index in [0.29, 0.717) is 23.1 Å². The van der Waals surface area contributed by atoms with Crippen LogP contribution in [0.5, 0.6) is 5.75 Å². The maximum absolute atomic E-state index is 12.6. The highest BCUT2D eigenvalue weighted by Gasteiger charge is 2.36. The third-order valence-corrected chi connectivity index (χ3v) is 5.34. The molecular weight excluding hydrogens is 424 g/mol. The normalized spacial score (nSPS) is 14.9. The van der Waals surface area contributed by atoms with E-state index in [1.807, 2.05) is 6.92 Å². The van der Waals surface area contributed by atoms with Crippen LogP contribution >= 0.6 is 23.4 Å². The predicted octanol–water partition coefficient (Wildman–Crippen LogP) is 4.89. The van der Waals surface area contributed by atoms with Gasteiger partial charge in [0.05, 0.1) is 4.91 Å². The number of halogens is 1. The summed E-state index contributed by atoms with van der Waals surface area (Å²) in [5, 5.41) is 2.67. The number of anilines is 1. The molecule has 3 amide bonds. The van der Waals surface area contributed by atoms with Crippen molar-refractivity contribution in [3.05, 3.63) is 76.2 Å². The molecule has 1 heterocycles. The maximum Gasteiger partial charge on any atom is 0.294 e. The first-order valence-electron chi connectivity index (χ1n) is 9.02. The summed E-state index contributed by atoms with van der Waals surface area (Å²) in [6.45, 7) is 5.44. The Morgan fingerprint density at radius 1 is 1.23 bits per heavy atom. The Bertz CT molecular complexity index is 1030. The van der Waals surface area contributed by atoms with E-state index in [2.05, 4.69) is 11.9 Å². The van der Waals surface area contributed by atoms with Gasteiger partial charge in [-0.1, -0.05) is 42.5 Å². The minimum atomic E-state index is -0.505. The summed E-state index contributed by atoms with van der Waals surface area (Å²) in [7, 11) is 0. The molecule has 0 saturated carbocycles. The van der Waals surface area contributed by atoms with Gasteiger partial charge in [0.25, 0.3) is 11.1 Å². The molecule has 6 nitrogen and oxygen atoms in total. The molecule has 154 valence electrons. The number of hydrogen-bond acceptors (Lipinski definition) is 5. The van der Waals surface area contributed by atoms with Crippen LogP contribution in [0, 0.1) is 6.92 Å². The van der Waals surface area contributed by atoms with E-state index in [1.165, 1.54) is 0 Å². The van der Waals surface area contributed by atoms with Gasteiger partial charge in [0, 0.05) is 10.7 Å². The molecule has 2 aromatic carbocycles. The van der Waals surface area contributed by atoms with Gasteiger partial charge in [-0.25, -0.2) is 0 Å². The molecular formula is C22H19ClN2O4S. The number of aryl methyl sites for hydroxylation is 1.